The molecule has 0 bridgehead atoms. The Morgan fingerprint density at radius 1 is 1.06 bits per heavy atom. The van der Waals surface area contributed by atoms with Crippen LogP contribution in [0.4, 0.5) is 13.2 Å². The third-order valence-corrected chi connectivity index (χ3v) is 5.43. The number of aromatic amines is 1. The summed E-state index contributed by atoms with van der Waals surface area (Å²) in [5.41, 5.74) is 3.51. The number of benzene rings is 2. The van der Waals surface area contributed by atoms with Crippen molar-refractivity contribution in [3.05, 3.63) is 78.3 Å². The van der Waals surface area contributed by atoms with Gasteiger partial charge in [0.25, 0.3) is 0 Å². The van der Waals surface area contributed by atoms with E-state index in [1.54, 1.807) is 19.2 Å². The van der Waals surface area contributed by atoms with E-state index in [4.69, 9.17) is 9.15 Å². The van der Waals surface area contributed by atoms with E-state index in [1.807, 2.05) is 48.5 Å². The molecule has 0 saturated heterocycles. The van der Waals surface area contributed by atoms with Crippen molar-refractivity contribution < 1.29 is 27.1 Å². The normalized spacial score (nSPS) is 11.6. The number of rotatable bonds is 8. The Labute approximate surface area is 188 Å². The van der Waals surface area contributed by atoms with Crippen molar-refractivity contribution >= 4 is 16.8 Å². The first-order valence-electron chi connectivity index (χ1n) is 10.4. The number of carbonyl (C=O) groups excluding carboxylic acids is 1. The maximum atomic E-state index is 13.1. The quantitative estimate of drug-likeness (QED) is 0.356. The molecule has 4 aromatic rings. The average molecular weight is 456 g/mol. The van der Waals surface area contributed by atoms with Crippen LogP contribution in [0.1, 0.15) is 17.7 Å². The molecule has 0 aliphatic rings. The van der Waals surface area contributed by atoms with Crippen LogP contribution in [-0.2, 0) is 17.8 Å². The summed E-state index contributed by atoms with van der Waals surface area (Å²) in [5, 5.41) is 0.935. The number of ether oxygens (including phenoxy) is 1. The molecule has 1 amide bonds. The zero-order valence-electron chi connectivity index (χ0n) is 18.0. The van der Waals surface area contributed by atoms with Crippen LogP contribution in [0.2, 0.25) is 0 Å². The molecular weight excluding hydrogens is 433 g/mol. The van der Waals surface area contributed by atoms with Crippen LogP contribution in [0, 0.1) is 0 Å². The highest BCUT2D eigenvalue weighted by molar-refractivity contribution is 5.91. The minimum absolute atomic E-state index is 0.0677. The van der Waals surface area contributed by atoms with Crippen LogP contribution in [0.5, 0.6) is 5.75 Å². The number of furan rings is 1. The Bertz CT molecular complexity index is 1210. The molecule has 0 unspecified atom stereocenters. The number of nitrogens with one attached hydrogen (secondary N) is 1. The van der Waals surface area contributed by atoms with Crippen LogP contribution in [-0.4, -0.2) is 35.6 Å². The Balaban J connectivity index is 1.60. The van der Waals surface area contributed by atoms with Crippen LogP contribution < -0.4 is 4.74 Å². The standard InChI is InChI=1S/C25H23F3N2O3/c1-32-18-10-8-17(9-11-18)24-21(20-6-2-3-7-22(20)29-24)12-13-23(31)30(16-25(26,27)28)15-19-5-4-14-33-19/h2-11,14,29H,12-13,15-16H2,1H3. The summed E-state index contributed by atoms with van der Waals surface area (Å²) in [6.45, 7) is -1.56. The van der Waals surface area contributed by atoms with Crippen LogP contribution in [0.25, 0.3) is 22.2 Å². The molecule has 4 rings (SSSR count). The first-order chi connectivity index (χ1) is 15.8. The number of amides is 1. The van der Waals surface area contributed by atoms with Crippen molar-refractivity contribution in [3.63, 3.8) is 0 Å². The van der Waals surface area contributed by atoms with E-state index in [1.165, 1.54) is 6.26 Å². The van der Waals surface area contributed by atoms with Crippen LogP contribution in [0.3, 0.4) is 0 Å². The molecule has 33 heavy (non-hydrogen) atoms. The van der Waals surface area contributed by atoms with E-state index < -0.39 is 18.6 Å². The van der Waals surface area contributed by atoms with E-state index in [-0.39, 0.29) is 19.4 Å². The Kier molecular flexibility index (Phi) is 6.44. The van der Waals surface area contributed by atoms with Gasteiger partial charge in [0.05, 0.1) is 19.9 Å². The number of halogens is 3. The minimum Gasteiger partial charge on any atom is -0.497 e. The average Bonchev–Trinajstić information content (AvgIpc) is 3.44. The number of methoxy groups -OCH3 is 1. The highest BCUT2D eigenvalue weighted by Crippen LogP contribution is 2.32. The van der Waals surface area contributed by atoms with Gasteiger partial charge in [0, 0.05) is 23.0 Å². The summed E-state index contributed by atoms with van der Waals surface area (Å²) in [7, 11) is 1.59. The van der Waals surface area contributed by atoms with Gasteiger partial charge < -0.3 is 19.0 Å². The van der Waals surface area contributed by atoms with Gasteiger partial charge in [-0.3, -0.25) is 4.79 Å². The maximum Gasteiger partial charge on any atom is 0.406 e. The fraction of sp³-hybridized carbons (Fsp3) is 0.240. The Morgan fingerprint density at radius 2 is 1.82 bits per heavy atom. The topological polar surface area (TPSA) is 58.5 Å². The predicted octanol–water partition coefficient (Wildman–Crippen LogP) is 5.96. The van der Waals surface area contributed by atoms with E-state index in [9.17, 15) is 18.0 Å². The van der Waals surface area contributed by atoms with Crippen molar-refractivity contribution in [2.45, 2.75) is 25.6 Å². The Hall–Kier alpha value is -3.68. The van der Waals surface area contributed by atoms with Gasteiger partial charge in [0.2, 0.25) is 5.91 Å². The number of nitrogens with zero attached hydrogens (tertiary/aromatic N) is 1. The summed E-state index contributed by atoms with van der Waals surface area (Å²) in [4.78, 5) is 17.0. The number of aryl methyl sites for hydroxylation is 1. The highest BCUT2D eigenvalue weighted by atomic mass is 19.4. The number of carbonyl (C=O) groups is 1. The lowest BCUT2D eigenvalue weighted by Gasteiger charge is -2.23. The predicted molar refractivity (Wildman–Crippen MR) is 119 cm³/mol. The number of hydrogen-bond donors (Lipinski definition) is 1. The largest absolute Gasteiger partial charge is 0.497 e. The lowest BCUT2D eigenvalue weighted by molar-refractivity contribution is -0.162. The second kappa shape index (κ2) is 9.44. The molecule has 2 aromatic carbocycles. The lowest BCUT2D eigenvalue weighted by Crippen LogP contribution is -2.38. The molecule has 0 fully saturated rings. The van der Waals surface area contributed by atoms with Crippen molar-refractivity contribution in [2.24, 2.45) is 0 Å². The molecule has 172 valence electrons. The molecule has 0 aliphatic heterocycles. The van der Waals surface area contributed by atoms with Gasteiger partial charge in [0.15, 0.2) is 0 Å². The summed E-state index contributed by atoms with van der Waals surface area (Å²) < 4.78 is 49.8. The fourth-order valence-electron chi connectivity index (χ4n) is 3.89. The van der Waals surface area contributed by atoms with E-state index >= 15 is 0 Å². The number of aromatic nitrogens is 1. The molecule has 5 nitrogen and oxygen atoms in total. The summed E-state index contributed by atoms with van der Waals surface area (Å²) in [5.74, 6) is 0.431. The number of para-hydroxylation sites is 1. The molecular formula is C25H23F3N2O3. The van der Waals surface area contributed by atoms with Crippen LogP contribution in [0.15, 0.2) is 71.3 Å². The van der Waals surface area contributed by atoms with Gasteiger partial charge in [-0.1, -0.05) is 18.2 Å². The lowest BCUT2D eigenvalue weighted by atomic mass is 10.0. The van der Waals surface area contributed by atoms with Crippen molar-refractivity contribution in [3.8, 4) is 17.0 Å². The highest BCUT2D eigenvalue weighted by Gasteiger charge is 2.33. The SMILES string of the molecule is COc1ccc(-c2[nH]c3ccccc3c2CCC(=O)N(Cc2ccco2)CC(F)(F)F)cc1. The van der Waals surface area contributed by atoms with Gasteiger partial charge in [0.1, 0.15) is 18.1 Å². The van der Waals surface area contributed by atoms with Crippen LogP contribution >= 0.6 is 0 Å². The van der Waals surface area contributed by atoms with Gasteiger partial charge in [-0.2, -0.15) is 13.2 Å². The molecule has 0 atom stereocenters. The number of H-pyrrole nitrogens is 1. The summed E-state index contributed by atoms with van der Waals surface area (Å²) >= 11 is 0. The zero-order chi connectivity index (χ0) is 23.4. The van der Waals surface area contributed by atoms with Gasteiger partial charge in [-0.25, -0.2) is 0 Å². The number of alkyl halides is 3. The summed E-state index contributed by atoms with van der Waals surface area (Å²) in [6.07, 6.45) is -2.91. The second-order valence-electron chi connectivity index (χ2n) is 7.70. The van der Waals surface area contributed by atoms with E-state index in [0.717, 1.165) is 32.6 Å². The van der Waals surface area contributed by atoms with Gasteiger partial charge in [-0.15, -0.1) is 0 Å². The molecule has 8 heteroatoms. The zero-order valence-corrected chi connectivity index (χ0v) is 18.0. The van der Waals surface area contributed by atoms with Gasteiger partial charge >= 0.3 is 6.18 Å². The van der Waals surface area contributed by atoms with Gasteiger partial charge in [-0.05, 0) is 60.0 Å². The molecule has 1 N–H and O–H groups in total. The molecule has 2 aromatic heterocycles. The Morgan fingerprint density at radius 3 is 2.48 bits per heavy atom. The van der Waals surface area contributed by atoms with E-state index in [0.29, 0.717) is 11.5 Å². The molecule has 0 spiro atoms. The summed E-state index contributed by atoms with van der Waals surface area (Å²) in [6, 6.07) is 18.3. The fourth-order valence-corrected chi connectivity index (χ4v) is 3.89. The molecule has 0 saturated carbocycles. The van der Waals surface area contributed by atoms with Crippen molar-refractivity contribution in [1.82, 2.24) is 9.88 Å². The number of fused-ring (bicyclic) bond motifs is 1. The smallest absolute Gasteiger partial charge is 0.406 e. The molecule has 0 aliphatic carbocycles. The monoisotopic (exact) mass is 456 g/mol. The first kappa shape index (κ1) is 22.5. The second-order valence-corrected chi connectivity index (χ2v) is 7.70. The number of hydrogen-bond acceptors (Lipinski definition) is 3. The molecule has 2 heterocycles. The van der Waals surface area contributed by atoms with Crippen molar-refractivity contribution in [2.75, 3.05) is 13.7 Å². The third kappa shape index (κ3) is 5.39. The van der Waals surface area contributed by atoms with Crippen molar-refractivity contribution in [1.29, 1.82) is 0 Å². The van der Waals surface area contributed by atoms with E-state index in [2.05, 4.69) is 4.98 Å². The minimum atomic E-state index is -4.50. The molecule has 0 radical (unpaired) electrons. The maximum absolute atomic E-state index is 13.1. The first-order valence-corrected chi connectivity index (χ1v) is 10.4. The third-order valence-electron chi connectivity index (χ3n) is 5.43.